The van der Waals surface area contributed by atoms with E-state index in [0.717, 1.165) is 12.2 Å². The van der Waals surface area contributed by atoms with Gasteiger partial charge in [0.1, 0.15) is 12.4 Å². The Morgan fingerprint density at radius 3 is 2.32 bits per heavy atom. The summed E-state index contributed by atoms with van der Waals surface area (Å²) in [7, 11) is 0. The van der Waals surface area contributed by atoms with Crippen LogP contribution in [0.1, 0.15) is 41.0 Å². The third-order valence-electron chi connectivity index (χ3n) is 3.14. The lowest BCUT2D eigenvalue weighted by atomic mass is 9.82. The average Bonchev–Trinajstić information content (AvgIpc) is 2.40. The normalized spacial score (nSPS) is 12.0. The molecule has 2 N–H and O–H groups in total. The molecule has 0 saturated carbocycles. The Hall–Kier alpha value is -1.55. The van der Waals surface area contributed by atoms with Gasteiger partial charge in [-0.05, 0) is 37.8 Å². The van der Waals surface area contributed by atoms with E-state index in [2.05, 4.69) is 45.3 Å². The van der Waals surface area contributed by atoms with Crippen LogP contribution in [0.25, 0.3) is 0 Å². The smallest absolute Gasteiger partial charge is 0.234 e. The predicted octanol–water partition coefficient (Wildman–Crippen LogP) is 2.99. The quantitative estimate of drug-likeness (QED) is 0.726. The van der Waals surface area contributed by atoms with Gasteiger partial charge in [-0.1, -0.05) is 39.0 Å². The van der Waals surface area contributed by atoms with Crippen molar-refractivity contribution in [1.29, 1.82) is 0 Å². The number of hydrogen-bond acceptors (Lipinski definition) is 3. The van der Waals surface area contributed by atoms with Crippen molar-refractivity contribution in [3.8, 4) is 5.75 Å². The van der Waals surface area contributed by atoms with Crippen LogP contribution in [0.5, 0.6) is 5.75 Å². The number of para-hydroxylation sites is 1. The summed E-state index contributed by atoms with van der Waals surface area (Å²) < 4.78 is 5.53. The van der Waals surface area contributed by atoms with Gasteiger partial charge < -0.3 is 15.4 Å². The molecule has 1 aromatic carbocycles. The average molecular weight is 306 g/mol. The van der Waals surface area contributed by atoms with E-state index in [0.29, 0.717) is 19.7 Å². The SMILES string of the molecule is CC(C)(C)CC(C)(C)NCC(=O)NCCOc1ccccc1. The second-order valence-corrected chi connectivity index (χ2v) is 7.49. The van der Waals surface area contributed by atoms with Crippen LogP contribution in [0.3, 0.4) is 0 Å². The van der Waals surface area contributed by atoms with Crippen LogP contribution in [0.2, 0.25) is 0 Å². The molecule has 0 aliphatic heterocycles. The topological polar surface area (TPSA) is 50.4 Å². The van der Waals surface area contributed by atoms with Gasteiger partial charge in [0.25, 0.3) is 0 Å². The molecule has 1 rings (SSSR count). The Morgan fingerprint density at radius 1 is 1.09 bits per heavy atom. The van der Waals surface area contributed by atoms with Gasteiger partial charge in [-0.2, -0.15) is 0 Å². The minimum absolute atomic E-state index is 0.00125. The molecule has 0 saturated heterocycles. The van der Waals surface area contributed by atoms with Gasteiger partial charge in [0, 0.05) is 5.54 Å². The van der Waals surface area contributed by atoms with Crippen molar-refractivity contribution in [2.45, 2.75) is 46.6 Å². The fourth-order valence-corrected chi connectivity index (χ4v) is 2.65. The minimum atomic E-state index is -0.0594. The summed E-state index contributed by atoms with van der Waals surface area (Å²) in [6.07, 6.45) is 1.00. The van der Waals surface area contributed by atoms with E-state index in [1.807, 2.05) is 30.3 Å². The fourth-order valence-electron chi connectivity index (χ4n) is 2.65. The summed E-state index contributed by atoms with van der Waals surface area (Å²) >= 11 is 0. The summed E-state index contributed by atoms with van der Waals surface area (Å²) in [6, 6.07) is 9.60. The van der Waals surface area contributed by atoms with Crippen molar-refractivity contribution in [3.63, 3.8) is 0 Å². The van der Waals surface area contributed by atoms with Gasteiger partial charge in [-0.25, -0.2) is 0 Å². The van der Waals surface area contributed by atoms with Gasteiger partial charge >= 0.3 is 0 Å². The van der Waals surface area contributed by atoms with E-state index in [9.17, 15) is 4.79 Å². The van der Waals surface area contributed by atoms with Crippen LogP contribution in [-0.4, -0.2) is 31.1 Å². The predicted molar refractivity (Wildman–Crippen MR) is 91.1 cm³/mol. The first kappa shape index (κ1) is 18.5. The van der Waals surface area contributed by atoms with Crippen LogP contribution < -0.4 is 15.4 Å². The lowest BCUT2D eigenvalue weighted by Crippen LogP contribution is -2.47. The number of carbonyl (C=O) groups excluding carboxylic acids is 1. The zero-order chi connectivity index (χ0) is 16.6. The van der Waals surface area contributed by atoms with Crippen molar-refractivity contribution in [3.05, 3.63) is 30.3 Å². The highest BCUT2D eigenvalue weighted by Crippen LogP contribution is 2.26. The molecule has 124 valence electrons. The third kappa shape index (κ3) is 8.67. The van der Waals surface area contributed by atoms with Crippen molar-refractivity contribution in [1.82, 2.24) is 10.6 Å². The molecule has 0 heterocycles. The highest BCUT2D eigenvalue weighted by molar-refractivity contribution is 5.78. The van der Waals surface area contributed by atoms with Gasteiger partial charge in [-0.3, -0.25) is 4.79 Å². The van der Waals surface area contributed by atoms with E-state index in [-0.39, 0.29) is 16.9 Å². The molecule has 1 aromatic rings. The van der Waals surface area contributed by atoms with Gasteiger partial charge in [0.2, 0.25) is 5.91 Å². The largest absolute Gasteiger partial charge is 0.492 e. The maximum Gasteiger partial charge on any atom is 0.234 e. The van der Waals surface area contributed by atoms with E-state index in [4.69, 9.17) is 4.74 Å². The Morgan fingerprint density at radius 2 is 1.73 bits per heavy atom. The number of hydrogen-bond donors (Lipinski definition) is 2. The number of rotatable bonds is 8. The van der Waals surface area contributed by atoms with Gasteiger partial charge in [0.05, 0.1) is 13.1 Å². The number of ether oxygens (including phenoxy) is 1. The maximum atomic E-state index is 11.8. The zero-order valence-corrected chi connectivity index (χ0v) is 14.5. The Bertz CT molecular complexity index is 450. The number of amides is 1. The second kappa shape index (κ2) is 8.18. The highest BCUT2D eigenvalue weighted by atomic mass is 16.5. The first-order valence-electron chi connectivity index (χ1n) is 7.88. The van der Waals surface area contributed by atoms with E-state index in [1.165, 1.54) is 0 Å². The molecule has 0 aliphatic rings. The summed E-state index contributed by atoms with van der Waals surface area (Å²) in [4.78, 5) is 11.8. The van der Waals surface area contributed by atoms with E-state index >= 15 is 0 Å². The monoisotopic (exact) mass is 306 g/mol. The highest BCUT2D eigenvalue weighted by Gasteiger charge is 2.25. The molecule has 0 bridgehead atoms. The number of carbonyl (C=O) groups is 1. The lowest BCUT2D eigenvalue weighted by Gasteiger charge is -2.33. The lowest BCUT2D eigenvalue weighted by molar-refractivity contribution is -0.120. The third-order valence-corrected chi connectivity index (χ3v) is 3.14. The summed E-state index contributed by atoms with van der Waals surface area (Å²) in [5, 5.41) is 6.18. The molecule has 0 unspecified atom stereocenters. The molecule has 0 aliphatic carbocycles. The maximum absolute atomic E-state index is 11.8. The summed E-state index contributed by atoms with van der Waals surface area (Å²) in [5.41, 5.74) is 0.173. The molecular weight excluding hydrogens is 276 g/mol. The van der Waals surface area contributed by atoms with Crippen LogP contribution in [0.4, 0.5) is 0 Å². The molecule has 0 atom stereocenters. The molecule has 0 aromatic heterocycles. The van der Waals surface area contributed by atoms with Crippen molar-refractivity contribution < 1.29 is 9.53 Å². The first-order valence-corrected chi connectivity index (χ1v) is 7.88. The molecule has 4 nitrogen and oxygen atoms in total. The Balaban J connectivity index is 2.18. The second-order valence-electron chi connectivity index (χ2n) is 7.49. The Labute approximate surface area is 134 Å². The number of benzene rings is 1. The van der Waals surface area contributed by atoms with Crippen molar-refractivity contribution in [2.75, 3.05) is 19.7 Å². The first-order chi connectivity index (χ1) is 10.2. The van der Waals surface area contributed by atoms with Gasteiger partial charge in [0.15, 0.2) is 0 Å². The minimum Gasteiger partial charge on any atom is -0.492 e. The summed E-state index contributed by atoms with van der Waals surface area (Å²) in [6.45, 7) is 12.2. The molecule has 0 radical (unpaired) electrons. The molecular formula is C18H30N2O2. The van der Waals surface area contributed by atoms with Crippen molar-refractivity contribution >= 4 is 5.91 Å². The Kier molecular flexibility index (Phi) is 6.88. The van der Waals surface area contributed by atoms with Crippen LogP contribution in [0.15, 0.2) is 30.3 Å². The van der Waals surface area contributed by atoms with Crippen LogP contribution in [-0.2, 0) is 4.79 Å². The zero-order valence-electron chi connectivity index (χ0n) is 14.5. The van der Waals surface area contributed by atoms with Crippen molar-refractivity contribution in [2.24, 2.45) is 5.41 Å². The summed E-state index contributed by atoms with van der Waals surface area (Å²) in [5.74, 6) is 0.819. The van der Waals surface area contributed by atoms with Crippen LogP contribution in [0, 0.1) is 5.41 Å². The standard InChI is InChI=1S/C18H30N2O2/c1-17(2,3)14-18(4,5)20-13-16(21)19-11-12-22-15-9-7-6-8-10-15/h6-10,20H,11-14H2,1-5H3,(H,19,21). The number of nitrogens with one attached hydrogen (secondary N) is 2. The molecule has 4 heteroatoms. The molecule has 22 heavy (non-hydrogen) atoms. The molecule has 1 amide bonds. The van der Waals surface area contributed by atoms with Gasteiger partial charge in [-0.15, -0.1) is 0 Å². The van der Waals surface area contributed by atoms with Crippen LogP contribution >= 0.6 is 0 Å². The fraction of sp³-hybridized carbons (Fsp3) is 0.611. The van der Waals surface area contributed by atoms with E-state index in [1.54, 1.807) is 0 Å². The van der Waals surface area contributed by atoms with E-state index < -0.39 is 0 Å². The molecule has 0 spiro atoms. The molecule has 0 fully saturated rings.